The van der Waals surface area contributed by atoms with E-state index in [4.69, 9.17) is 4.74 Å². The van der Waals surface area contributed by atoms with Gasteiger partial charge in [-0.15, -0.1) is 10.2 Å². The molecular formula is C16H13F3N6O3. The van der Waals surface area contributed by atoms with Crippen LogP contribution in [0.3, 0.4) is 0 Å². The van der Waals surface area contributed by atoms with Gasteiger partial charge in [-0.25, -0.2) is 4.98 Å². The molecule has 12 heteroatoms. The predicted octanol–water partition coefficient (Wildman–Crippen LogP) is 2.31. The first kappa shape index (κ1) is 19.2. The maximum absolute atomic E-state index is 12.6. The first-order valence-corrected chi connectivity index (χ1v) is 7.75. The van der Waals surface area contributed by atoms with Crippen LogP contribution in [0.2, 0.25) is 0 Å². The standard InChI is InChI=1S/C16H13F3N6O3/c1-15(27,16(17,18)19)14(26)21-12-7-6-11(8-20-12)28-10-4-2-9(3-5-10)13-22-24-25-23-13/h2-8,27H,1H3,(H,20,21,26)(H,22,23,24,25). The minimum absolute atomic E-state index is 0.172. The van der Waals surface area contributed by atoms with Gasteiger partial charge in [-0.2, -0.15) is 18.4 Å². The van der Waals surface area contributed by atoms with Crippen molar-refractivity contribution in [2.45, 2.75) is 18.7 Å². The number of benzene rings is 1. The lowest BCUT2D eigenvalue weighted by molar-refractivity contribution is -0.242. The van der Waals surface area contributed by atoms with Gasteiger partial charge in [0.05, 0.1) is 6.20 Å². The van der Waals surface area contributed by atoms with Crippen LogP contribution >= 0.6 is 0 Å². The van der Waals surface area contributed by atoms with Gasteiger partial charge in [-0.05, 0) is 48.5 Å². The number of pyridine rings is 1. The van der Waals surface area contributed by atoms with E-state index >= 15 is 0 Å². The van der Waals surface area contributed by atoms with Crippen LogP contribution in [0, 0.1) is 0 Å². The van der Waals surface area contributed by atoms with Crippen LogP contribution in [-0.4, -0.2) is 48.4 Å². The first-order chi connectivity index (χ1) is 13.2. The number of hydrogen-bond donors (Lipinski definition) is 3. The summed E-state index contributed by atoms with van der Waals surface area (Å²) in [6.45, 7) is 0.359. The molecular weight excluding hydrogens is 381 g/mol. The van der Waals surface area contributed by atoms with Gasteiger partial charge in [0.2, 0.25) is 11.4 Å². The summed E-state index contributed by atoms with van der Waals surface area (Å²) < 4.78 is 43.5. The predicted molar refractivity (Wildman–Crippen MR) is 89.2 cm³/mol. The molecule has 1 unspecified atom stereocenters. The smallest absolute Gasteiger partial charge is 0.426 e. The summed E-state index contributed by atoms with van der Waals surface area (Å²) in [4.78, 5) is 15.4. The molecule has 0 aliphatic carbocycles. The summed E-state index contributed by atoms with van der Waals surface area (Å²) in [5.74, 6) is -0.644. The van der Waals surface area contributed by atoms with E-state index in [1.54, 1.807) is 24.3 Å². The van der Waals surface area contributed by atoms with Crippen LogP contribution < -0.4 is 10.1 Å². The van der Waals surface area contributed by atoms with Crippen LogP contribution in [0.25, 0.3) is 11.4 Å². The van der Waals surface area contributed by atoms with Crippen LogP contribution in [-0.2, 0) is 4.79 Å². The quantitative estimate of drug-likeness (QED) is 0.606. The minimum Gasteiger partial charge on any atom is -0.456 e. The normalized spacial score (nSPS) is 13.6. The van der Waals surface area contributed by atoms with E-state index in [2.05, 4.69) is 25.6 Å². The highest BCUT2D eigenvalue weighted by Gasteiger charge is 2.55. The third-order valence-electron chi connectivity index (χ3n) is 3.67. The van der Waals surface area contributed by atoms with Gasteiger partial charge in [0.1, 0.15) is 17.3 Å². The van der Waals surface area contributed by atoms with Gasteiger partial charge in [-0.1, -0.05) is 0 Å². The SMILES string of the molecule is CC(O)(C(=O)Nc1ccc(Oc2ccc(-c3nn[nH]n3)cc2)cn1)C(F)(F)F. The van der Waals surface area contributed by atoms with E-state index in [0.717, 1.165) is 0 Å². The van der Waals surface area contributed by atoms with E-state index < -0.39 is 17.7 Å². The van der Waals surface area contributed by atoms with Crippen molar-refractivity contribution in [3.63, 3.8) is 0 Å². The van der Waals surface area contributed by atoms with E-state index in [0.29, 0.717) is 24.1 Å². The van der Waals surface area contributed by atoms with Crippen molar-refractivity contribution >= 4 is 11.7 Å². The molecule has 146 valence electrons. The van der Waals surface area contributed by atoms with Crippen LogP contribution in [0.15, 0.2) is 42.6 Å². The number of hydrogen-bond acceptors (Lipinski definition) is 7. The number of halogens is 3. The van der Waals surface area contributed by atoms with E-state index in [1.807, 2.05) is 5.32 Å². The van der Waals surface area contributed by atoms with Gasteiger partial charge in [-0.3, -0.25) is 4.79 Å². The summed E-state index contributed by atoms with van der Waals surface area (Å²) in [6, 6.07) is 9.37. The van der Waals surface area contributed by atoms with Crippen molar-refractivity contribution in [1.82, 2.24) is 25.6 Å². The summed E-state index contributed by atoms with van der Waals surface area (Å²) in [5.41, 5.74) is -2.82. The molecule has 3 rings (SSSR count). The largest absolute Gasteiger partial charge is 0.456 e. The number of alkyl halides is 3. The van der Waals surface area contributed by atoms with E-state index in [1.165, 1.54) is 18.3 Å². The Hall–Kier alpha value is -3.54. The second kappa shape index (κ2) is 7.23. The fraction of sp³-hybridized carbons (Fsp3) is 0.188. The van der Waals surface area contributed by atoms with Crippen molar-refractivity contribution in [3.05, 3.63) is 42.6 Å². The monoisotopic (exact) mass is 394 g/mol. The topological polar surface area (TPSA) is 126 Å². The Morgan fingerprint density at radius 2 is 1.82 bits per heavy atom. The molecule has 28 heavy (non-hydrogen) atoms. The molecule has 0 radical (unpaired) electrons. The zero-order valence-corrected chi connectivity index (χ0v) is 14.2. The second-order valence-corrected chi connectivity index (χ2v) is 5.77. The van der Waals surface area contributed by atoms with E-state index in [-0.39, 0.29) is 11.6 Å². The number of rotatable bonds is 5. The molecule has 3 N–H and O–H groups in total. The maximum atomic E-state index is 12.6. The summed E-state index contributed by atoms with van der Waals surface area (Å²) in [7, 11) is 0. The van der Waals surface area contributed by atoms with Crippen LogP contribution in [0.5, 0.6) is 11.5 Å². The molecule has 0 spiro atoms. The molecule has 9 nitrogen and oxygen atoms in total. The number of aliphatic hydroxyl groups is 1. The number of carbonyl (C=O) groups is 1. The Bertz CT molecular complexity index is 941. The average Bonchev–Trinajstić information content (AvgIpc) is 3.17. The molecule has 2 heterocycles. The number of aromatic nitrogens is 5. The zero-order valence-electron chi connectivity index (χ0n) is 14.2. The fourth-order valence-corrected chi connectivity index (χ4v) is 1.97. The van der Waals surface area contributed by atoms with Crippen molar-refractivity contribution in [1.29, 1.82) is 0 Å². The molecule has 1 atom stereocenters. The van der Waals surface area contributed by atoms with Gasteiger partial charge in [0, 0.05) is 5.56 Å². The summed E-state index contributed by atoms with van der Waals surface area (Å²) in [5, 5.41) is 24.7. The molecule has 3 aromatic rings. The number of nitrogens with one attached hydrogen (secondary N) is 2. The lowest BCUT2D eigenvalue weighted by Crippen LogP contribution is -2.52. The highest BCUT2D eigenvalue weighted by molar-refractivity contribution is 5.96. The third-order valence-corrected chi connectivity index (χ3v) is 3.67. The number of carbonyl (C=O) groups excluding carboxylic acids is 1. The molecule has 2 aromatic heterocycles. The number of amides is 1. The third kappa shape index (κ3) is 4.06. The number of ether oxygens (including phenoxy) is 1. The first-order valence-electron chi connectivity index (χ1n) is 7.75. The number of nitrogens with zero attached hydrogens (tertiary/aromatic N) is 4. The van der Waals surface area contributed by atoms with Crippen molar-refractivity contribution in [2.75, 3.05) is 5.32 Å². The fourth-order valence-electron chi connectivity index (χ4n) is 1.97. The zero-order chi connectivity index (χ0) is 20.4. The number of tetrazole rings is 1. The molecule has 0 fully saturated rings. The average molecular weight is 394 g/mol. The molecule has 0 aliphatic heterocycles. The Morgan fingerprint density at radius 3 is 2.36 bits per heavy atom. The summed E-state index contributed by atoms with van der Waals surface area (Å²) >= 11 is 0. The van der Waals surface area contributed by atoms with E-state index in [9.17, 15) is 23.1 Å². The highest BCUT2D eigenvalue weighted by Crippen LogP contribution is 2.31. The molecule has 0 aliphatic rings. The van der Waals surface area contributed by atoms with Crippen LogP contribution in [0.4, 0.5) is 19.0 Å². The van der Waals surface area contributed by atoms with Gasteiger partial charge in [0.25, 0.3) is 5.91 Å². The number of H-pyrrole nitrogens is 1. The lowest BCUT2D eigenvalue weighted by Gasteiger charge is -2.24. The minimum atomic E-state index is -5.12. The van der Waals surface area contributed by atoms with Gasteiger partial charge in [0.15, 0.2) is 0 Å². The number of aromatic amines is 1. The number of anilines is 1. The van der Waals surface area contributed by atoms with Crippen molar-refractivity contribution in [3.8, 4) is 22.9 Å². The van der Waals surface area contributed by atoms with Crippen molar-refractivity contribution in [2.24, 2.45) is 0 Å². The maximum Gasteiger partial charge on any atom is 0.426 e. The molecule has 0 bridgehead atoms. The van der Waals surface area contributed by atoms with Crippen LogP contribution in [0.1, 0.15) is 6.92 Å². The second-order valence-electron chi connectivity index (χ2n) is 5.77. The Kier molecular flexibility index (Phi) is 4.96. The van der Waals surface area contributed by atoms with Gasteiger partial charge >= 0.3 is 6.18 Å². The Morgan fingerprint density at radius 1 is 1.14 bits per heavy atom. The molecule has 1 amide bonds. The molecule has 1 aromatic carbocycles. The summed E-state index contributed by atoms with van der Waals surface area (Å²) in [6.07, 6.45) is -3.90. The lowest BCUT2D eigenvalue weighted by atomic mass is 10.1. The Balaban J connectivity index is 1.64. The van der Waals surface area contributed by atoms with Gasteiger partial charge < -0.3 is 15.2 Å². The molecule has 0 saturated carbocycles. The van der Waals surface area contributed by atoms with Crippen molar-refractivity contribution < 1.29 is 27.8 Å². The Labute approximate surface area is 155 Å². The molecule has 0 saturated heterocycles. The highest BCUT2D eigenvalue weighted by atomic mass is 19.4.